The molecule has 0 radical (unpaired) electrons. The molecule has 4 rings (SSSR count). The third-order valence-electron chi connectivity index (χ3n) is 4.30. The first-order valence-electron chi connectivity index (χ1n) is 7.72. The van der Waals surface area contributed by atoms with Gasteiger partial charge in [0.05, 0.1) is 18.6 Å². The molecule has 106 valence electrons. The van der Waals surface area contributed by atoms with Crippen LogP contribution in [-0.4, -0.2) is 15.6 Å². The summed E-state index contributed by atoms with van der Waals surface area (Å²) < 4.78 is 2.36. The molecule has 0 aliphatic heterocycles. The molecule has 0 aromatic carbocycles. The highest BCUT2D eigenvalue weighted by atomic mass is 32.1. The summed E-state index contributed by atoms with van der Waals surface area (Å²) in [5, 5.41) is 3.59. The van der Waals surface area contributed by atoms with Gasteiger partial charge in [-0.1, -0.05) is 0 Å². The van der Waals surface area contributed by atoms with E-state index in [0.717, 1.165) is 19.1 Å². The minimum atomic E-state index is 0.793. The van der Waals surface area contributed by atoms with E-state index in [1.165, 1.54) is 59.7 Å². The quantitative estimate of drug-likeness (QED) is 0.915. The first kappa shape index (κ1) is 12.6. The van der Waals surface area contributed by atoms with E-state index in [-0.39, 0.29) is 0 Å². The number of fused-ring (bicyclic) bond motifs is 1. The van der Waals surface area contributed by atoms with Crippen molar-refractivity contribution in [2.75, 3.05) is 0 Å². The first-order valence-corrected chi connectivity index (χ1v) is 8.54. The number of hydrogen-bond acceptors (Lipinski definition) is 3. The number of nitrogens with zero attached hydrogens (tertiary/aromatic N) is 2. The zero-order chi connectivity index (χ0) is 13.4. The van der Waals surface area contributed by atoms with Crippen molar-refractivity contribution in [3.05, 3.63) is 39.6 Å². The fourth-order valence-corrected chi connectivity index (χ4v) is 3.94. The second-order valence-corrected chi connectivity index (χ2v) is 7.25. The third-order valence-corrected chi connectivity index (χ3v) is 5.37. The Balaban J connectivity index is 1.44. The van der Waals surface area contributed by atoms with Gasteiger partial charge in [0, 0.05) is 28.0 Å². The van der Waals surface area contributed by atoms with Crippen molar-refractivity contribution in [3.63, 3.8) is 0 Å². The summed E-state index contributed by atoms with van der Waals surface area (Å²) >= 11 is 1.94. The monoisotopic (exact) mass is 287 g/mol. The Kier molecular flexibility index (Phi) is 3.36. The average molecular weight is 287 g/mol. The Morgan fingerprint density at radius 2 is 2.05 bits per heavy atom. The molecule has 3 nitrogen and oxygen atoms in total. The zero-order valence-corrected chi connectivity index (χ0v) is 12.6. The van der Waals surface area contributed by atoms with Crippen LogP contribution in [-0.2, 0) is 25.9 Å². The summed E-state index contributed by atoms with van der Waals surface area (Å²) in [6.07, 6.45) is 9.76. The topological polar surface area (TPSA) is 29.9 Å². The normalized spacial score (nSPS) is 18.2. The van der Waals surface area contributed by atoms with Crippen molar-refractivity contribution in [3.8, 4) is 0 Å². The second-order valence-electron chi connectivity index (χ2n) is 6.00. The van der Waals surface area contributed by atoms with Gasteiger partial charge in [0.15, 0.2) is 0 Å². The van der Waals surface area contributed by atoms with Crippen LogP contribution in [0.1, 0.15) is 46.8 Å². The Morgan fingerprint density at radius 3 is 2.95 bits per heavy atom. The lowest BCUT2D eigenvalue weighted by molar-refractivity contribution is 0.630. The van der Waals surface area contributed by atoms with Gasteiger partial charge in [-0.3, -0.25) is 0 Å². The summed E-state index contributed by atoms with van der Waals surface area (Å²) in [6.45, 7) is 2.04. The van der Waals surface area contributed by atoms with E-state index in [1.54, 1.807) is 0 Å². The van der Waals surface area contributed by atoms with Crippen LogP contribution < -0.4 is 5.32 Å². The fraction of sp³-hybridized carbons (Fsp3) is 0.562. The lowest BCUT2D eigenvalue weighted by Crippen LogP contribution is -2.14. The summed E-state index contributed by atoms with van der Waals surface area (Å²) in [4.78, 5) is 7.49. The van der Waals surface area contributed by atoms with E-state index >= 15 is 0 Å². The second kappa shape index (κ2) is 5.34. The maximum atomic E-state index is 4.58. The van der Waals surface area contributed by atoms with Crippen LogP contribution in [0.15, 0.2) is 18.5 Å². The summed E-state index contributed by atoms with van der Waals surface area (Å²) in [5.41, 5.74) is 2.81. The van der Waals surface area contributed by atoms with Gasteiger partial charge in [0.2, 0.25) is 0 Å². The molecule has 2 aromatic heterocycles. The Hall–Kier alpha value is -1.13. The number of aryl methyl sites for hydroxylation is 1. The largest absolute Gasteiger partial charge is 0.329 e. The lowest BCUT2D eigenvalue weighted by Gasteiger charge is -2.13. The highest BCUT2D eigenvalue weighted by Gasteiger charge is 2.20. The molecular formula is C16H21N3S. The van der Waals surface area contributed by atoms with E-state index in [0.29, 0.717) is 0 Å². The maximum absolute atomic E-state index is 4.58. The highest BCUT2D eigenvalue weighted by molar-refractivity contribution is 7.11. The number of aromatic nitrogens is 2. The van der Waals surface area contributed by atoms with Gasteiger partial charge in [-0.15, -0.1) is 11.3 Å². The number of nitrogens with one attached hydrogen (secondary N) is 1. The molecule has 1 fully saturated rings. The third kappa shape index (κ3) is 2.67. The predicted molar refractivity (Wildman–Crippen MR) is 82.2 cm³/mol. The SMILES string of the molecule is c1cc(Cn2cnc3c2CCCC3)sc1CNC1CC1. The van der Waals surface area contributed by atoms with E-state index < -0.39 is 0 Å². The van der Waals surface area contributed by atoms with Crippen LogP contribution in [0.4, 0.5) is 0 Å². The van der Waals surface area contributed by atoms with E-state index in [1.807, 2.05) is 17.7 Å². The van der Waals surface area contributed by atoms with Gasteiger partial charge in [0.1, 0.15) is 0 Å². The van der Waals surface area contributed by atoms with Crippen LogP contribution in [0.2, 0.25) is 0 Å². The molecule has 0 bridgehead atoms. The van der Waals surface area contributed by atoms with Crippen LogP contribution in [0.5, 0.6) is 0 Å². The minimum absolute atomic E-state index is 0.793. The molecule has 0 saturated heterocycles. The van der Waals surface area contributed by atoms with Gasteiger partial charge in [-0.2, -0.15) is 0 Å². The van der Waals surface area contributed by atoms with Crippen LogP contribution in [0.3, 0.4) is 0 Å². The molecule has 1 saturated carbocycles. The molecule has 2 aliphatic rings. The number of imidazole rings is 1. The van der Waals surface area contributed by atoms with Gasteiger partial charge in [-0.05, 0) is 50.7 Å². The molecule has 2 aromatic rings. The standard InChI is InChI=1S/C16H21N3S/c1-2-4-16-15(3-1)18-11-19(16)10-14-8-7-13(20-14)9-17-12-5-6-12/h7-8,11-12,17H,1-6,9-10H2. The van der Waals surface area contributed by atoms with Crippen molar-refractivity contribution in [2.24, 2.45) is 0 Å². The Morgan fingerprint density at radius 1 is 1.20 bits per heavy atom. The minimum Gasteiger partial charge on any atom is -0.329 e. The van der Waals surface area contributed by atoms with Crippen LogP contribution >= 0.6 is 11.3 Å². The number of rotatable bonds is 5. The van der Waals surface area contributed by atoms with Crippen molar-refractivity contribution in [1.29, 1.82) is 0 Å². The Bertz CT molecular complexity index is 595. The lowest BCUT2D eigenvalue weighted by atomic mass is 10.0. The maximum Gasteiger partial charge on any atom is 0.0955 e. The molecule has 20 heavy (non-hydrogen) atoms. The smallest absolute Gasteiger partial charge is 0.0955 e. The molecule has 0 unspecified atom stereocenters. The van der Waals surface area contributed by atoms with Gasteiger partial charge in [0.25, 0.3) is 0 Å². The van der Waals surface area contributed by atoms with Crippen molar-refractivity contribution in [1.82, 2.24) is 14.9 Å². The highest BCUT2D eigenvalue weighted by Crippen LogP contribution is 2.24. The van der Waals surface area contributed by atoms with Gasteiger partial charge >= 0.3 is 0 Å². The van der Waals surface area contributed by atoms with E-state index in [9.17, 15) is 0 Å². The van der Waals surface area contributed by atoms with Gasteiger partial charge in [-0.25, -0.2) is 4.98 Å². The summed E-state index contributed by atoms with van der Waals surface area (Å²) in [7, 11) is 0. The summed E-state index contributed by atoms with van der Waals surface area (Å²) in [5.74, 6) is 0. The van der Waals surface area contributed by atoms with E-state index in [2.05, 4.69) is 27.0 Å². The fourth-order valence-electron chi connectivity index (χ4n) is 2.97. The predicted octanol–water partition coefficient (Wildman–Crippen LogP) is 3.12. The number of hydrogen-bond donors (Lipinski definition) is 1. The molecule has 0 amide bonds. The molecule has 0 atom stereocenters. The molecule has 0 spiro atoms. The van der Waals surface area contributed by atoms with Crippen LogP contribution in [0.25, 0.3) is 0 Å². The number of thiophene rings is 1. The van der Waals surface area contributed by atoms with Crippen molar-refractivity contribution >= 4 is 11.3 Å². The summed E-state index contributed by atoms with van der Waals surface area (Å²) in [6, 6.07) is 5.35. The molecule has 2 heterocycles. The van der Waals surface area contributed by atoms with Crippen molar-refractivity contribution < 1.29 is 0 Å². The molecule has 4 heteroatoms. The van der Waals surface area contributed by atoms with Gasteiger partial charge < -0.3 is 9.88 Å². The van der Waals surface area contributed by atoms with Crippen LogP contribution in [0, 0.1) is 0 Å². The zero-order valence-electron chi connectivity index (χ0n) is 11.8. The van der Waals surface area contributed by atoms with E-state index in [4.69, 9.17) is 0 Å². The molecule has 1 N–H and O–H groups in total. The van der Waals surface area contributed by atoms with Crippen molar-refractivity contribution in [2.45, 2.75) is 57.7 Å². The molecule has 2 aliphatic carbocycles. The Labute approximate surface area is 124 Å². The average Bonchev–Trinajstić information content (AvgIpc) is 3.06. The molecular weight excluding hydrogens is 266 g/mol. The first-order chi connectivity index (χ1) is 9.88.